The maximum absolute atomic E-state index is 13.6. The summed E-state index contributed by atoms with van der Waals surface area (Å²) in [5.41, 5.74) is 5.00. The number of carbonyl (C=O) groups is 4. The Kier molecular flexibility index (Phi) is 9.18. The highest BCUT2D eigenvalue weighted by molar-refractivity contribution is 5.93. The van der Waals surface area contributed by atoms with Crippen LogP contribution in [0.25, 0.3) is 11.1 Å². The van der Waals surface area contributed by atoms with E-state index in [1.165, 1.54) is 17.0 Å². The van der Waals surface area contributed by atoms with E-state index in [0.717, 1.165) is 22.3 Å². The van der Waals surface area contributed by atoms with Crippen molar-refractivity contribution in [2.75, 3.05) is 13.2 Å². The fraction of sp³-hybridized carbons (Fsp3) is 0.353. The summed E-state index contributed by atoms with van der Waals surface area (Å²) in [6, 6.07) is 19.1. The average molecular weight is 600 g/mol. The van der Waals surface area contributed by atoms with Crippen molar-refractivity contribution >= 4 is 23.9 Å². The van der Waals surface area contributed by atoms with Gasteiger partial charge in [-0.05, 0) is 58.7 Å². The van der Waals surface area contributed by atoms with Crippen molar-refractivity contribution < 1.29 is 34.1 Å². The van der Waals surface area contributed by atoms with Crippen LogP contribution >= 0.6 is 0 Å². The zero-order chi connectivity index (χ0) is 31.4. The second-order valence-electron chi connectivity index (χ2n) is 11.7. The summed E-state index contributed by atoms with van der Waals surface area (Å²) in [5.74, 6) is -2.63. The van der Waals surface area contributed by atoms with E-state index in [1.807, 2.05) is 48.5 Å². The van der Waals surface area contributed by atoms with Crippen molar-refractivity contribution in [1.29, 1.82) is 0 Å². The molecule has 3 aromatic rings. The van der Waals surface area contributed by atoms with Gasteiger partial charge < -0.3 is 30.5 Å². The molecule has 1 aliphatic heterocycles. The number of hydrogen-bond donors (Lipinski definition) is 4. The first-order valence-electron chi connectivity index (χ1n) is 14.9. The number of amides is 3. The molecule has 2 aliphatic rings. The molecular formula is C34H37N3O7. The number of carboxylic acids is 1. The van der Waals surface area contributed by atoms with Crippen LogP contribution in [0.15, 0.2) is 72.8 Å². The molecule has 1 saturated heterocycles. The number of nitrogens with zero attached hydrogens (tertiary/aromatic N) is 1. The molecule has 0 unspecified atom stereocenters. The average Bonchev–Trinajstić information content (AvgIpc) is 3.63. The third kappa shape index (κ3) is 6.54. The molecule has 3 amide bonds. The number of aliphatic carboxylic acids is 1. The third-order valence-electron chi connectivity index (χ3n) is 8.38. The molecule has 0 saturated carbocycles. The summed E-state index contributed by atoms with van der Waals surface area (Å²) in [6.45, 7) is 3.89. The lowest BCUT2D eigenvalue weighted by atomic mass is 9.98. The number of hydrogen-bond acceptors (Lipinski definition) is 6. The van der Waals surface area contributed by atoms with Crippen molar-refractivity contribution in [2.24, 2.45) is 5.92 Å². The quantitative estimate of drug-likeness (QED) is 0.275. The van der Waals surface area contributed by atoms with Gasteiger partial charge >= 0.3 is 12.1 Å². The minimum absolute atomic E-state index is 0.0540. The van der Waals surface area contributed by atoms with Gasteiger partial charge in [-0.3, -0.25) is 9.59 Å². The van der Waals surface area contributed by atoms with Gasteiger partial charge in [0, 0.05) is 18.9 Å². The predicted molar refractivity (Wildman–Crippen MR) is 163 cm³/mol. The lowest BCUT2D eigenvalue weighted by Crippen LogP contribution is -2.57. The van der Waals surface area contributed by atoms with Crippen LogP contribution in [0.4, 0.5) is 4.79 Å². The lowest BCUT2D eigenvalue weighted by Gasteiger charge is -2.29. The van der Waals surface area contributed by atoms with Gasteiger partial charge in [-0.2, -0.15) is 0 Å². The van der Waals surface area contributed by atoms with Crippen molar-refractivity contribution in [2.45, 2.75) is 57.2 Å². The number of alkyl carbamates (subject to hydrolysis) is 1. The topological polar surface area (TPSA) is 145 Å². The van der Waals surface area contributed by atoms with Crippen LogP contribution in [-0.4, -0.2) is 70.3 Å². The minimum atomic E-state index is -1.09. The third-order valence-corrected chi connectivity index (χ3v) is 8.38. The number of aromatic hydroxyl groups is 1. The molecule has 0 aromatic heterocycles. The molecular weight excluding hydrogens is 562 g/mol. The van der Waals surface area contributed by atoms with Gasteiger partial charge in [-0.25, -0.2) is 9.59 Å². The highest BCUT2D eigenvalue weighted by Gasteiger charge is 2.39. The molecule has 3 aromatic carbocycles. The standard InChI is InChI=1S/C34H37N3O7/c1-20(2)30(36-34(43)44-19-27-25-10-5-3-8-23(25)24-9-4-6-11-26(24)27)31(39)35-28(18-21-13-15-22(38)16-14-21)32(40)37-17-7-12-29(37)33(41)42/h3-6,8-11,13-16,20,27-30,38H,7,12,17-19H2,1-2H3,(H,35,39)(H,36,43)(H,41,42)/t28-,29-,30-/m0/s1. The van der Waals surface area contributed by atoms with Gasteiger partial charge in [0.1, 0.15) is 30.5 Å². The molecule has 3 atom stereocenters. The number of fused-ring (bicyclic) bond motifs is 3. The number of rotatable bonds is 10. The number of carbonyl (C=O) groups excluding carboxylic acids is 3. The zero-order valence-corrected chi connectivity index (χ0v) is 24.7. The number of ether oxygens (including phenoxy) is 1. The Morgan fingerprint density at radius 3 is 2.11 bits per heavy atom. The van der Waals surface area contributed by atoms with E-state index >= 15 is 0 Å². The Hall–Kier alpha value is -4.86. The Balaban J connectivity index is 1.28. The Morgan fingerprint density at radius 1 is 0.909 bits per heavy atom. The Morgan fingerprint density at radius 2 is 1.52 bits per heavy atom. The summed E-state index contributed by atoms with van der Waals surface area (Å²) in [5, 5.41) is 24.8. The minimum Gasteiger partial charge on any atom is -0.508 e. The molecule has 1 heterocycles. The van der Waals surface area contributed by atoms with Crippen molar-refractivity contribution in [3.05, 3.63) is 89.5 Å². The molecule has 0 bridgehead atoms. The van der Waals surface area contributed by atoms with Gasteiger partial charge in [-0.15, -0.1) is 0 Å². The van der Waals surface area contributed by atoms with E-state index in [-0.39, 0.29) is 37.2 Å². The van der Waals surface area contributed by atoms with Gasteiger partial charge in [0.05, 0.1) is 0 Å². The molecule has 0 radical (unpaired) electrons. The van der Waals surface area contributed by atoms with E-state index in [2.05, 4.69) is 10.6 Å². The van der Waals surface area contributed by atoms with Crippen LogP contribution in [-0.2, 0) is 25.5 Å². The fourth-order valence-electron chi connectivity index (χ4n) is 6.12. The zero-order valence-electron chi connectivity index (χ0n) is 24.7. The van der Waals surface area contributed by atoms with Crippen LogP contribution in [0.2, 0.25) is 0 Å². The number of phenolic OH excluding ortho intramolecular Hbond substituents is 1. The van der Waals surface area contributed by atoms with E-state index < -0.39 is 42.0 Å². The summed E-state index contributed by atoms with van der Waals surface area (Å²) >= 11 is 0. The van der Waals surface area contributed by atoms with Gasteiger partial charge in [0.15, 0.2) is 0 Å². The lowest BCUT2D eigenvalue weighted by molar-refractivity contribution is -0.149. The summed E-state index contributed by atoms with van der Waals surface area (Å²) in [7, 11) is 0. The van der Waals surface area contributed by atoms with Crippen molar-refractivity contribution in [3.8, 4) is 16.9 Å². The largest absolute Gasteiger partial charge is 0.508 e. The monoisotopic (exact) mass is 599 g/mol. The summed E-state index contributed by atoms with van der Waals surface area (Å²) < 4.78 is 5.66. The molecule has 0 spiro atoms. The summed E-state index contributed by atoms with van der Waals surface area (Å²) in [6.07, 6.45) is 0.190. The van der Waals surface area contributed by atoms with Gasteiger partial charge in [0.2, 0.25) is 11.8 Å². The van der Waals surface area contributed by atoms with Crippen LogP contribution in [0, 0.1) is 5.92 Å². The molecule has 1 aliphatic carbocycles. The smallest absolute Gasteiger partial charge is 0.407 e. The second kappa shape index (κ2) is 13.2. The normalized spacial score (nSPS) is 17.0. The molecule has 230 valence electrons. The van der Waals surface area contributed by atoms with E-state index in [0.29, 0.717) is 18.4 Å². The van der Waals surface area contributed by atoms with E-state index in [1.54, 1.807) is 26.0 Å². The number of likely N-dealkylation sites (tertiary alicyclic amines) is 1. The Labute approximate surface area is 256 Å². The molecule has 44 heavy (non-hydrogen) atoms. The number of phenols is 1. The summed E-state index contributed by atoms with van der Waals surface area (Å²) in [4.78, 5) is 53.3. The number of benzene rings is 3. The van der Waals surface area contributed by atoms with Gasteiger partial charge in [-0.1, -0.05) is 74.5 Å². The van der Waals surface area contributed by atoms with Crippen LogP contribution in [0.1, 0.15) is 49.3 Å². The van der Waals surface area contributed by atoms with Crippen molar-refractivity contribution in [1.82, 2.24) is 15.5 Å². The predicted octanol–water partition coefficient (Wildman–Crippen LogP) is 4.06. The first kappa shape index (κ1) is 30.6. The second-order valence-corrected chi connectivity index (χ2v) is 11.7. The number of nitrogens with one attached hydrogen (secondary N) is 2. The molecule has 10 heteroatoms. The van der Waals surface area contributed by atoms with Crippen LogP contribution < -0.4 is 10.6 Å². The van der Waals surface area contributed by atoms with E-state index in [9.17, 15) is 29.4 Å². The first-order chi connectivity index (χ1) is 21.1. The molecule has 4 N–H and O–H groups in total. The maximum Gasteiger partial charge on any atom is 0.407 e. The van der Waals surface area contributed by atoms with Crippen molar-refractivity contribution in [3.63, 3.8) is 0 Å². The Bertz CT molecular complexity index is 1490. The number of carboxylic acid groups (broad SMARTS) is 1. The van der Waals surface area contributed by atoms with Gasteiger partial charge in [0.25, 0.3) is 0 Å². The van der Waals surface area contributed by atoms with E-state index in [4.69, 9.17) is 4.74 Å². The SMILES string of the molecule is CC(C)[C@H](NC(=O)OCC1c2ccccc2-c2ccccc21)C(=O)N[C@@H](Cc1ccc(O)cc1)C(=O)N1CCC[C@H]1C(=O)O. The molecule has 5 rings (SSSR count). The molecule has 1 fully saturated rings. The molecule has 10 nitrogen and oxygen atoms in total. The highest BCUT2D eigenvalue weighted by Crippen LogP contribution is 2.44. The van der Waals surface area contributed by atoms with Crippen LogP contribution in [0.3, 0.4) is 0 Å². The van der Waals surface area contributed by atoms with Crippen LogP contribution in [0.5, 0.6) is 5.75 Å². The maximum atomic E-state index is 13.6. The fourth-order valence-corrected chi connectivity index (χ4v) is 6.12. The highest BCUT2D eigenvalue weighted by atomic mass is 16.5. The first-order valence-corrected chi connectivity index (χ1v) is 14.9.